The summed E-state index contributed by atoms with van der Waals surface area (Å²) in [5.41, 5.74) is 1.33. The molecule has 0 radical (unpaired) electrons. The Kier molecular flexibility index (Phi) is 4.09. The lowest BCUT2D eigenvalue weighted by Gasteiger charge is -2.19. The molecule has 1 aromatic rings. The van der Waals surface area contributed by atoms with Crippen molar-refractivity contribution >= 4 is 0 Å². The molecular weight excluding hydrogens is 214 g/mol. The molecule has 1 aromatic carbocycles. The zero-order valence-electron chi connectivity index (χ0n) is 10.2. The average Bonchev–Trinajstić information content (AvgIpc) is 2.53. The second-order valence-corrected chi connectivity index (χ2v) is 4.64. The van der Waals surface area contributed by atoms with Gasteiger partial charge in [0, 0.05) is 25.7 Å². The highest BCUT2D eigenvalue weighted by Crippen LogP contribution is 2.13. The molecule has 0 aromatic heterocycles. The molecule has 1 aliphatic heterocycles. The van der Waals surface area contributed by atoms with Crippen LogP contribution in [0.1, 0.15) is 18.9 Å². The number of hydrogen-bond acceptors (Lipinski definition) is 3. The van der Waals surface area contributed by atoms with Gasteiger partial charge >= 0.3 is 0 Å². The van der Waals surface area contributed by atoms with E-state index in [0.717, 1.165) is 32.6 Å². The van der Waals surface area contributed by atoms with Crippen LogP contribution in [0.25, 0.3) is 0 Å². The fraction of sp³-hybridized carbons (Fsp3) is 0.538. The fourth-order valence-corrected chi connectivity index (χ4v) is 2.22. The van der Waals surface area contributed by atoms with Crippen molar-refractivity contribution in [1.82, 2.24) is 9.91 Å². The minimum absolute atomic E-state index is 0.258. The third-order valence-electron chi connectivity index (χ3n) is 3.37. The molecule has 4 heteroatoms. The van der Waals surface area contributed by atoms with Gasteiger partial charge in [-0.25, -0.2) is 0 Å². The molecule has 1 fully saturated rings. The minimum atomic E-state index is 0.258. The van der Waals surface area contributed by atoms with Crippen LogP contribution in [0.2, 0.25) is 0 Å². The van der Waals surface area contributed by atoms with Crippen molar-refractivity contribution < 1.29 is 0 Å². The zero-order chi connectivity index (χ0) is 12.1. The number of benzene rings is 1. The molecule has 0 amide bonds. The van der Waals surface area contributed by atoms with Crippen LogP contribution >= 0.6 is 0 Å². The van der Waals surface area contributed by atoms with E-state index in [2.05, 4.69) is 41.4 Å². The lowest BCUT2D eigenvalue weighted by Crippen LogP contribution is -2.30. The van der Waals surface area contributed by atoms with E-state index in [4.69, 9.17) is 0 Å². The van der Waals surface area contributed by atoms with E-state index in [1.54, 1.807) is 5.01 Å². The fourth-order valence-electron chi connectivity index (χ4n) is 2.22. The molecule has 0 N–H and O–H groups in total. The molecule has 1 heterocycles. The first-order valence-electron chi connectivity index (χ1n) is 6.16. The van der Waals surface area contributed by atoms with Crippen molar-refractivity contribution in [2.24, 2.45) is 5.29 Å². The van der Waals surface area contributed by atoms with Gasteiger partial charge in [0.05, 0.1) is 11.8 Å². The Bertz CT molecular complexity index is 355. The van der Waals surface area contributed by atoms with Gasteiger partial charge in [-0.3, -0.25) is 9.91 Å². The summed E-state index contributed by atoms with van der Waals surface area (Å²) in [6.07, 6.45) is 0.999. The van der Waals surface area contributed by atoms with Crippen molar-refractivity contribution in [3.05, 3.63) is 40.8 Å². The summed E-state index contributed by atoms with van der Waals surface area (Å²) in [6.45, 7) is 5.69. The molecule has 0 spiro atoms. The van der Waals surface area contributed by atoms with Crippen LogP contribution in [-0.2, 0) is 6.54 Å². The highest BCUT2D eigenvalue weighted by molar-refractivity contribution is 5.14. The Morgan fingerprint density at radius 3 is 2.71 bits per heavy atom. The monoisotopic (exact) mass is 233 g/mol. The summed E-state index contributed by atoms with van der Waals surface area (Å²) in [5, 5.41) is 4.74. The first-order chi connectivity index (χ1) is 8.29. The molecule has 0 bridgehead atoms. The summed E-state index contributed by atoms with van der Waals surface area (Å²) in [6, 6.07) is 10.7. The number of nitrogens with zero attached hydrogens (tertiary/aromatic N) is 3. The van der Waals surface area contributed by atoms with Gasteiger partial charge in [-0.2, -0.15) is 0 Å². The van der Waals surface area contributed by atoms with E-state index in [1.165, 1.54) is 5.56 Å². The third-order valence-corrected chi connectivity index (χ3v) is 3.37. The first kappa shape index (κ1) is 12.0. The predicted octanol–water partition coefficient (Wildman–Crippen LogP) is 2.26. The van der Waals surface area contributed by atoms with Crippen LogP contribution < -0.4 is 0 Å². The van der Waals surface area contributed by atoms with Crippen molar-refractivity contribution in [2.75, 3.05) is 19.6 Å². The van der Waals surface area contributed by atoms with Gasteiger partial charge < -0.3 is 0 Å². The molecule has 0 aliphatic carbocycles. The Hall–Kier alpha value is -1.42. The van der Waals surface area contributed by atoms with Gasteiger partial charge in [0.1, 0.15) is 0 Å². The highest BCUT2D eigenvalue weighted by Gasteiger charge is 2.20. The molecule has 92 valence electrons. The maximum atomic E-state index is 10.6. The van der Waals surface area contributed by atoms with E-state index in [-0.39, 0.29) is 6.04 Å². The molecule has 0 unspecified atom stereocenters. The van der Waals surface area contributed by atoms with Crippen LogP contribution in [0.3, 0.4) is 0 Å². The summed E-state index contributed by atoms with van der Waals surface area (Å²) in [7, 11) is 0. The van der Waals surface area contributed by atoms with Crippen LogP contribution in [-0.4, -0.2) is 35.6 Å². The molecule has 4 nitrogen and oxygen atoms in total. The van der Waals surface area contributed by atoms with E-state index in [1.807, 2.05) is 6.07 Å². The van der Waals surface area contributed by atoms with Crippen molar-refractivity contribution in [1.29, 1.82) is 0 Å². The molecule has 17 heavy (non-hydrogen) atoms. The molecule has 1 aliphatic rings. The van der Waals surface area contributed by atoms with Crippen LogP contribution in [0, 0.1) is 4.91 Å². The standard InChI is InChI=1S/C13H19N3O/c1-12-7-8-15(9-10-16(12)14-17)11-13-5-3-2-4-6-13/h2-6,12H,7-11H2,1H3/t12-/m1/s1. The molecule has 1 atom stereocenters. The lowest BCUT2D eigenvalue weighted by molar-refractivity contribution is 0.219. The summed E-state index contributed by atoms with van der Waals surface area (Å²) >= 11 is 0. The molecule has 2 rings (SSSR count). The Morgan fingerprint density at radius 1 is 1.24 bits per heavy atom. The van der Waals surface area contributed by atoms with Gasteiger partial charge in [-0.1, -0.05) is 30.3 Å². The van der Waals surface area contributed by atoms with Crippen molar-refractivity contribution in [3.8, 4) is 0 Å². The Balaban J connectivity index is 1.93. The van der Waals surface area contributed by atoms with E-state index in [0.29, 0.717) is 0 Å². The Morgan fingerprint density at radius 2 is 2.00 bits per heavy atom. The number of rotatable bonds is 3. The van der Waals surface area contributed by atoms with Gasteiger partial charge in [-0.15, -0.1) is 4.91 Å². The maximum absolute atomic E-state index is 10.6. The smallest absolute Gasteiger partial charge is 0.0527 e. The second-order valence-electron chi connectivity index (χ2n) is 4.64. The van der Waals surface area contributed by atoms with Crippen LogP contribution in [0.4, 0.5) is 0 Å². The molecular formula is C13H19N3O. The van der Waals surface area contributed by atoms with E-state index < -0.39 is 0 Å². The summed E-state index contributed by atoms with van der Waals surface area (Å²) in [4.78, 5) is 13.0. The van der Waals surface area contributed by atoms with Crippen LogP contribution in [0.15, 0.2) is 35.6 Å². The summed E-state index contributed by atoms with van der Waals surface area (Å²) < 4.78 is 0. The first-order valence-corrected chi connectivity index (χ1v) is 6.16. The zero-order valence-corrected chi connectivity index (χ0v) is 10.2. The van der Waals surface area contributed by atoms with Gasteiger partial charge in [0.2, 0.25) is 0 Å². The highest BCUT2D eigenvalue weighted by atomic mass is 16.3. The van der Waals surface area contributed by atoms with E-state index in [9.17, 15) is 4.91 Å². The SMILES string of the molecule is C[C@@H]1CCN(Cc2ccccc2)CCN1N=O. The van der Waals surface area contributed by atoms with Crippen molar-refractivity contribution in [3.63, 3.8) is 0 Å². The maximum Gasteiger partial charge on any atom is 0.0527 e. The van der Waals surface area contributed by atoms with Crippen LogP contribution in [0.5, 0.6) is 0 Å². The number of nitroso groups, excluding NO2 is 1. The lowest BCUT2D eigenvalue weighted by atomic mass is 10.2. The van der Waals surface area contributed by atoms with Gasteiger partial charge in [-0.05, 0) is 18.9 Å². The topological polar surface area (TPSA) is 35.9 Å². The number of hydrogen-bond donors (Lipinski definition) is 0. The molecule has 1 saturated heterocycles. The average molecular weight is 233 g/mol. The van der Waals surface area contributed by atoms with Crippen molar-refractivity contribution in [2.45, 2.75) is 25.9 Å². The summed E-state index contributed by atoms with van der Waals surface area (Å²) in [5.74, 6) is 0. The largest absolute Gasteiger partial charge is 0.297 e. The van der Waals surface area contributed by atoms with E-state index >= 15 is 0 Å². The predicted molar refractivity (Wildman–Crippen MR) is 68.3 cm³/mol. The molecule has 0 saturated carbocycles. The Labute approximate surface area is 102 Å². The second kappa shape index (κ2) is 5.77. The third kappa shape index (κ3) is 3.27. The minimum Gasteiger partial charge on any atom is -0.297 e. The normalized spacial score (nSPS) is 22.2. The van der Waals surface area contributed by atoms with Gasteiger partial charge in [0.15, 0.2) is 0 Å². The quantitative estimate of drug-likeness (QED) is 0.751. The van der Waals surface area contributed by atoms with Gasteiger partial charge in [0.25, 0.3) is 0 Å².